The molecule has 0 spiro atoms. The van der Waals surface area contributed by atoms with Crippen LogP contribution in [0.25, 0.3) is 0 Å². The van der Waals surface area contributed by atoms with Gasteiger partial charge in [-0.3, -0.25) is 0 Å². The summed E-state index contributed by atoms with van der Waals surface area (Å²) in [6.45, 7) is 4.45. The minimum atomic E-state index is 0.645. The van der Waals surface area contributed by atoms with Gasteiger partial charge in [-0.2, -0.15) is 0 Å². The fourth-order valence-electron chi connectivity index (χ4n) is 1.39. The Labute approximate surface area is 97.1 Å². The predicted molar refractivity (Wildman–Crippen MR) is 70.3 cm³/mol. The van der Waals surface area contributed by atoms with Crippen molar-refractivity contribution < 1.29 is 0 Å². The summed E-state index contributed by atoms with van der Waals surface area (Å²) in [5, 5.41) is 6.62. The van der Waals surface area contributed by atoms with Crippen molar-refractivity contribution in [3.63, 3.8) is 0 Å². The van der Waals surface area contributed by atoms with E-state index in [0.29, 0.717) is 11.0 Å². The largest absolute Gasteiger partial charge is 0.366 e. The maximum Gasteiger partial charge on any atom is 0.170 e. The molecule has 15 heavy (non-hydrogen) atoms. The van der Waals surface area contributed by atoms with Crippen molar-refractivity contribution in [1.29, 1.82) is 0 Å². The highest BCUT2D eigenvalue weighted by molar-refractivity contribution is 7.80. The van der Waals surface area contributed by atoms with Crippen LogP contribution in [0.4, 0.5) is 5.69 Å². The van der Waals surface area contributed by atoms with Crippen molar-refractivity contribution in [1.82, 2.24) is 5.32 Å². The van der Waals surface area contributed by atoms with Crippen molar-refractivity contribution in [2.75, 3.05) is 12.4 Å². The quantitative estimate of drug-likeness (QED) is 0.769. The molecule has 3 heteroatoms. The average Bonchev–Trinajstić information content (AvgIpc) is 2.20. The van der Waals surface area contributed by atoms with Gasteiger partial charge in [0.2, 0.25) is 0 Å². The van der Waals surface area contributed by atoms with Gasteiger partial charge in [-0.05, 0) is 42.3 Å². The van der Waals surface area contributed by atoms with Gasteiger partial charge in [0.25, 0.3) is 0 Å². The Morgan fingerprint density at radius 3 is 2.33 bits per heavy atom. The zero-order valence-corrected chi connectivity index (χ0v) is 10.3. The molecule has 0 aliphatic heterocycles. The van der Waals surface area contributed by atoms with E-state index in [1.54, 1.807) is 0 Å². The lowest BCUT2D eigenvalue weighted by Gasteiger charge is -2.09. The number of benzene rings is 1. The van der Waals surface area contributed by atoms with Crippen LogP contribution in [0.15, 0.2) is 24.3 Å². The van der Waals surface area contributed by atoms with Gasteiger partial charge >= 0.3 is 0 Å². The summed E-state index contributed by atoms with van der Waals surface area (Å²) in [6.07, 6.45) is 1.12. The molecule has 0 aliphatic carbocycles. The van der Waals surface area contributed by atoms with Gasteiger partial charge in [0, 0.05) is 12.7 Å². The van der Waals surface area contributed by atoms with Crippen LogP contribution >= 0.6 is 12.2 Å². The summed E-state index contributed by atoms with van der Waals surface area (Å²) in [5.41, 5.74) is 2.40. The summed E-state index contributed by atoms with van der Waals surface area (Å²) in [6, 6.07) is 8.39. The second kappa shape index (κ2) is 5.71. The molecule has 2 nitrogen and oxygen atoms in total. The number of nitrogens with one attached hydrogen (secondary N) is 2. The van der Waals surface area contributed by atoms with E-state index in [0.717, 1.165) is 12.1 Å². The summed E-state index contributed by atoms with van der Waals surface area (Å²) in [7, 11) is 1.81. The highest BCUT2D eigenvalue weighted by Crippen LogP contribution is 2.12. The third-order valence-corrected chi connectivity index (χ3v) is 2.39. The van der Waals surface area contributed by atoms with Crippen LogP contribution in [-0.4, -0.2) is 12.2 Å². The van der Waals surface area contributed by atoms with Gasteiger partial charge in [-0.25, -0.2) is 0 Å². The molecule has 0 aromatic heterocycles. The Kier molecular flexibility index (Phi) is 4.56. The Bertz CT molecular complexity index is 317. The number of anilines is 1. The first kappa shape index (κ1) is 12.0. The van der Waals surface area contributed by atoms with Gasteiger partial charge in [0.05, 0.1) is 0 Å². The monoisotopic (exact) mass is 222 g/mol. The fraction of sp³-hybridized carbons (Fsp3) is 0.417. The maximum atomic E-state index is 5.02. The Balaban J connectivity index is 2.60. The van der Waals surface area contributed by atoms with Gasteiger partial charge in [0.15, 0.2) is 5.11 Å². The molecule has 1 aromatic carbocycles. The molecule has 0 radical (unpaired) electrons. The zero-order chi connectivity index (χ0) is 11.3. The molecule has 0 saturated carbocycles. The lowest BCUT2D eigenvalue weighted by Crippen LogP contribution is -2.24. The first-order valence-corrected chi connectivity index (χ1v) is 5.60. The molecule has 0 amide bonds. The van der Waals surface area contributed by atoms with Crippen molar-refractivity contribution in [2.45, 2.75) is 20.3 Å². The maximum absolute atomic E-state index is 5.02. The predicted octanol–water partition coefficient (Wildman–Crippen LogP) is 2.80. The van der Waals surface area contributed by atoms with Crippen molar-refractivity contribution in [2.24, 2.45) is 5.92 Å². The van der Waals surface area contributed by atoms with E-state index in [4.69, 9.17) is 12.2 Å². The van der Waals surface area contributed by atoms with Gasteiger partial charge in [-0.15, -0.1) is 0 Å². The molecule has 1 rings (SSSR count). The first-order valence-electron chi connectivity index (χ1n) is 5.19. The minimum absolute atomic E-state index is 0.645. The van der Waals surface area contributed by atoms with Crippen molar-refractivity contribution in [3.05, 3.63) is 29.8 Å². The van der Waals surface area contributed by atoms with Crippen LogP contribution in [0, 0.1) is 5.92 Å². The van der Waals surface area contributed by atoms with E-state index in [-0.39, 0.29) is 0 Å². The zero-order valence-electron chi connectivity index (χ0n) is 9.50. The normalized spacial score (nSPS) is 10.1. The van der Waals surface area contributed by atoms with Crippen LogP contribution in [0.2, 0.25) is 0 Å². The van der Waals surface area contributed by atoms with E-state index in [1.807, 2.05) is 7.05 Å². The summed E-state index contributed by atoms with van der Waals surface area (Å²) < 4.78 is 0. The summed E-state index contributed by atoms with van der Waals surface area (Å²) in [5.74, 6) is 0.696. The van der Waals surface area contributed by atoms with Crippen LogP contribution in [-0.2, 0) is 6.42 Å². The Morgan fingerprint density at radius 1 is 1.27 bits per heavy atom. The number of hydrogen-bond donors (Lipinski definition) is 2. The molecule has 0 heterocycles. The van der Waals surface area contributed by atoms with Crippen LogP contribution < -0.4 is 10.6 Å². The Hall–Kier alpha value is -1.09. The molecule has 0 atom stereocenters. The van der Waals surface area contributed by atoms with Crippen LogP contribution in [0.3, 0.4) is 0 Å². The van der Waals surface area contributed by atoms with Crippen molar-refractivity contribution in [3.8, 4) is 0 Å². The molecule has 0 aliphatic rings. The molecule has 0 saturated heterocycles. The van der Waals surface area contributed by atoms with Gasteiger partial charge < -0.3 is 10.6 Å². The van der Waals surface area contributed by atoms with Gasteiger partial charge in [-0.1, -0.05) is 26.0 Å². The molecular weight excluding hydrogens is 204 g/mol. The molecule has 0 unspecified atom stereocenters. The molecule has 0 fully saturated rings. The number of rotatable bonds is 3. The lowest BCUT2D eigenvalue weighted by molar-refractivity contribution is 0.647. The van der Waals surface area contributed by atoms with E-state index < -0.39 is 0 Å². The van der Waals surface area contributed by atoms with Gasteiger partial charge in [0.1, 0.15) is 0 Å². The number of hydrogen-bond acceptors (Lipinski definition) is 1. The minimum Gasteiger partial charge on any atom is -0.366 e. The topological polar surface area (TPSA) is 24.1 Å². The van der Waals surface area contributed by atoms with E-state index in [2.05, 4.69) is 48.7 Å². The third-order valence-electron chi connectivity index (χ3n) is 2.08. The average molecular weight is 222 g/mol. The molecule has 0 bridgehead atoms. The molecule has 2 N–H and O–H groups in total. The fourth-order valence-corrected chi connectivity index (χ4v) is 1.51. The Morgan fingerprint density at radius 2 is 1.87 bits per heavy atom. The first-order chi connectivity index (χ1) is 7.11. The highest BCUT2D eigenvalue weighted by Gasteiger charge is 1.98. The molecule has 1 aromatic rings. The summed E-state index contributed by atoms with van der Waals surface area (Å²) in [4.78, 5) is 0. The van der Waals surface area contributed by atoms with Crippen LogP contribution in [0.1, 0.15) is 19.4 Å². The molecule has 82 valence electrons. The number of thiocarbonyl (C=S) groups is 1. The van der Waals surface area contributed by atoms with Crippen LogP contribution in [0.5, 0.6) is 0 Å². The smallest absolute Gasteiger partial charge is 0.170 e. The summed E-state index contributed by atoms with van der Waals surface area (Å²) >= 11 is 5.02. The second-order valence-corrected chi connectivity index (χ2v) is 4.41. The highest BCUT2D eigenvalue weighted by atomic mass is 32.1. The third kappa shape index (κ3) is 4.30. The van der Waals surface area contributed by atoms with E-state index >= 15 is 0 Å². The van der Waals surface area contributed by atoms with Crippen molar-refractivity contribution >= 4 is 23.0 Å². The lowest BCUT2D eigenvalue weighted by atomic mass is 10.0. The second-order valence-electron chi connectivity index (χ2n) is 4.00. The van der Waals surface area contributed by atoms with E-state index in [9.17, 15) is 0 Å². The van der Waals surface area contributed by atoms with E-state index in [1.165, 1.54) is 5.56 Å². The SMILES string of the molecule is CNC(=S)Nc1ccc(CC(C)C)cc1. The molecular formula is C12H18N2S. The standard InChI is InChI=1S/C12H18N2S/c1-9(2)8-10-4-6-11(7-5-10)14-12(15)13-3/h4-7,9H,8H2,1-3H3,(H2,13,14,15).